The number of aliphatic hydroxyl groups is 1. The molecule has 0 bridgehead atoms. The molecule has 1 saturated heterocycles. The van der Waals surface area contributed by atoms with E-state index in [9.17, 15) is 18.3 Å². The first-order valence-electron chi connectivity index (χ1n) is 9.65. The molecule has 0 saturated carbocycles. The first kappa shape index (κ1) is 22.2. The van der Waals surface area contributed by atoms with Crippen molar-refractivity contribution in [2.45, 2.75) is 50.3 Å². The normalized spacial score (nSPS) is 20.0. The van der Waals surface area contributed by atoms with Crippen LogP contribution in [-0.2, 0) is 21.4 Å². The van der Waals surface area contributed by atoms with E-state index in [1.54, 1.807) is 12.1 Å². The van der Waals surface area contributed by atoms with Crippen LogP contribution in [0.5, 0.6) is 5.75 Å². The molecule has 1 aliphatic heterocycles. The standard InChI is InChI=1S/C21H26N2O6S/c1-14-3-4-16(15(2)11-14)13-29-18-6-8-19(9-7-18)30(27,28)23-12-17(24)5-10-20(23)21(25)22-26/h3-4,6-9,11,17,20,24,26H,5,10,12-13H2,1-2H3,(H,22,25). The number of ether oxygens (including phenoxy) is 1. The van der Waals surface area contributed by atoms with Crippen LogP contribution in [0.15, 0.2) is 47.4 Å². The van der Waals surface area contributed by atoms with Crippen molar-refractivity contribution in [1.29, 1.82) is 0 Å². The number of rotatable bonds is 6. The fraction of sp³-hybridized carbons (Fsp3) is 0.381. The van der Waals surface area contributed by atoms with Crippen molar-refractivity contribution in [1.82, 2.24) is 9.79 Å². The third-order valence-electron chi connectivity index (χ3n) is 5.25. The Kier molecular flexibility index (Phi) is 6.77. The molecule has 2 aromatic carbocycles. The number of hydroxylamine groups is 1. The van der Waals surface area contributed by atoms with Gasteiger partial charge >= 0.3 is 0 Å². The number of hydrogen-bond acceptors (Lipinski definition) is 6. The van der Waals surface area contributed by atoms with E-state index in [1.165, 1.54) is 23.2 Å². The Morgan fingerprint density at radius 2 is 1.87 bits per heavy atom. The zero-order valence-electron chi connectivity index (χ0n) is 16.9. The number of benzene rings is 2. The number of aliphatic hydroxyl groups excluding tert-OH is 1. The Balaban J connectivity index is 1.75. The predicted molar refractivity (Wildman–Crippen MR) is 110 cm³/mol. The number of nitrogens with zero attached hydrogens (tertiary/aromatic N) is 1. The molecule has 0 aliphatic carbocycles. The molecule has 1 amide bonds. The molecule has 2 aromatic rings. The maximum Gasteiger partial charge on any atom is 0.261 e. The van der Waals surface area contributed by atoms with Crippen LogP contribution in [0, 0.1) is 13.8 Å². The monoisotopic (exact) mass is 434 g/mol. The zero-order chi connectivity index (χ0) is 21.9. The van der Waals surface area contributed by atoms with Gasteiger partial charge in [0.25, 0.3) is 5.91 Å². The van der Waals surface area contributed by atoms with E-state index < -0.39 is 28.1 Å². The summed E-state index contributed by atoms with van der Waals surface area (Å²) in [6.45, 7) is 4.17. The summed E-state index contributed by atoms with van der Waals surface area (Å²) in [6.07, 6.45) is -0.484. The molecule has 0 radical (unpaired) electrons. The Hall–Kier alpha value is -2.46. The lowest BCUT2D eigenvalue weighted by Gasteiger charge is -2.35. The first-order chi connectivity index (χ1) is 14.2. The van der Waals surface area contributed by atoms with Gasteiger partial charge in [0.05, 0.1) is 11.0 Å². The van der Waals surface area contributed by atoms with E-state index in [1.807, 2.05) is 26.0 Å². The molecule has 2 unspecified atom stereocenters. The van der Waals surface area contributed by atoms with Crippen LogP contribution in [0.2, 0.25) is 0 Å². The maximum atomic E-state index is 13.0. The van der Waals surface area contributed by atoms with Gasteiger partial charge in [0, 0.05) is 6.54 Å². The number of aryl methyl sites for hydroxylation is 2. The van der Waals surface area contributed by atoms with Gasteiger partial charge in [0.15, 0.2) is 0 Å². The second-order valence-electron chi connectivity index (χ2n) is 7.49. The summed E-state index contributed by atoms with van der Waals surface area (Å²) in [7, 11) is -4.05. The van der Waals surface area contributed by atoms with Gasteiger partial charge in [-0.05, 0) is 62.1 Å². The number of carbonyl (C=O) groups excluding carboxylic acids is 1. The number of sulfonamides is 1. The van der Waals surface area contributed by atoms with Crippen LogP contribution < -0.4 is 10.2 Å². The van der Waals surface area contributed by atoms with Crippen molar-refractivity contribution in [2.75, 3.05) is 6.54 Å². The van der Waals surface area contributed by atoms with E-state index in [0.29, 0.717) is 12.4 Å². The lowest BCUT2D eigenvalue weighted by Crippen LogP contribution is -2.54. The number of nitrogens with one attached hydrogen (secondary N) is 1. The number of carbonyl (C=O) groups is 1. The minimum absolute atomic E-state index is 0.0220. The van der Waals surface area contributed by atoms with E-state index in [4.69, 9.17) is 9.94 Å². The second-order valence-corrected chi connectivity index (χ2v) is 9.38. The van der Waals surface area contributed by atoms with Gasteiger partial charge in [-0.15, -0.1) is 0 Å². The van der Waals surface area contributed by atoms with Gasteiger partial charge < -0.3 is 9.84 Å². The molecule has 30 heavy (non-hydrogen) atoms. The molecule has 8 nitrogen and oxygen atoms in total. The molecular weight excluding hydrogens is 408 g/mol. The number of hydrogen-bond donors (Lipinski definition) is 3. The van der Waals surface area contributed by atoms with Gasteiger partial charge in [-0.3, -0.25) is 10.0 Å². The van der Waals surface area contributed by atoms with Crippen LogP contribution in [0.1, 0.15) is 29.5 Å². The quantitative estimate of drug-likeness (QED) is 0.472. The van der Waals surface area contributed by atoms with Crippen molar-refractivity contribution in [3.8, 4) is 5.75 Å². The average molecular weight is 435 g/mol. The summed E-state index contributed by atoms with van der Waals surface area (Å²) in [6, 6.07) is 10.9. The molecule has 162 valence electrons. The van der Waals surface area contributed by atoms with E-state index in [0.717, 1.165) is 15.4 Å². The van der Waals surface area contributed by atoms with Gasteiger partial charge in [-0.2, -0.15) is 4.31 Å². The summed E-state index contributed by atoms with van der Waals surface area (Å²) in [5.74, 6) is -0.309. The topological polar surface area (TPSA) is 116 Å². The third-order valence-corrected chi connectivity index (χ3v) is 7.14. The van der Waals surface area contributed by atoms with Crippen molar-refractivity contribution in [2.24, 2.45) is 0 Å². The van der Waals surface area contributed by atoms with Crippen molar-refractivity contribution >= 4 is 15.9 Å². The third kappa shape index (κ3) is 4.81. The molecule has 1 fully saturated rings. The van der Waals surface area contributed by atoms with Crippen LogP contribution >= 0.6 is 0 Å². The summed E-state index contributed by atoms with van der Waals surface area (Å²) in [5, 5.41) is 18.8. The molecule has 0 spiro atoms. The Morgan fingerprint density at radius 1 is 1.17 bits per heavy atom. The average Bonchev–Trinajstić information content (AvgIpc) is 2.73. The zero-order valence-corrected chi connectivity index (χ0v) is 17.7. The molecule has 9 heteroatoms. The highest BCUT2D eigenvalue weighted by molar-refractivity contribution is 7.89. The van der Waals surface area contributed by atoms with Crippen molar-refractivity contribution in [3.05, 3.63) is 59.2 Å². The molecule has 1 aliphatic rings. The fourth-order valence-corrected chi connectivity index (χ4v) is 5.19. The smallest absolute Gasteiger partial charge is 0.261 e. The highest BCUT2D eigenvalue weighted by Gasteiger charge is 2.40. The fourth-order valence-electron chi connectivity index (χ4n) is 3.53. The highest BCUT2D eigenvalue weighted by atomic mass is 32.2. The van der Waals surface area contributed by atoms with E-state index in [-0.39, 0.29) is 24.3 Å². The Morgan fingerprint density at radius 3 is 2.50 bits per heavy atom. The molecule has 3 N–H and O–H groups in total. The number of piperidine rings is 1. The molecular formula is C21H26N2O6S. The van der Waals surface area contributed by atoms with Gasteiger partial charge in [-0.1, -0.05) is 23.8 Å². The maximum absolute atomic E-state index is 13.0. The van der Waals surface area contributed by atoms with Crippen molar-refractivity contribution < 1.29 is 28.3 Å². The van der Waals surface area contributed by atoms with Gasteiger partial charge in [-0.25, -0.2) is 13.9 Å². The van der Waals surface area contributed by atoms with Crippen LogP contribution in [0.3, 0.4) is 0 Å². The first-order valence-corrected chi connectivity index (χ1v) is 11.1. The number of amides is 1. The predicted octanol–water partition coefficient (Wildman–Crippen LogP) is 1.90. The van der Waals surface area contributed by atoms with Gasteiger partial charge in [0.2, 0.25) is 10.0 Å². The molecule has 2 atom stereocenters. The SMILES string of the molecule is Cc1ccc(COc2ccc(S(=O)(=O)N3CC(O)CCC3C(=O)NO)cc2)c(C)c1. The Labute approximate surface area is 176 Å². The Bertz CT molecular complexity index is 1010. The van der Waals surface area contributed by atoms with Crippen LogP contribution in [0.25, 0.3) is 0 Å². The second kappa shape index (κ2) is 9.13. The largest absolute Gasteiger partial charge is 0.489 e. The minimum Gasteiger partial charge on any atom is -0.489 e. The lowest BCUT2D eigenvalue weighted by molar-refractivity contribution is -0.135. The van der Waals surface area contributed by atoms with Crippen LogP contribution in [0.4, 0.5) is 0 Å². The number of β-amino-alcohol motifs (C(OH)–C–C–N with tert-alkyl or cyclic N) is 1. The molecule has 3 rings (SSSR count). The molecule has 1 heterocycles. The summed E-state index contributed by atoms with van der Waals surface area (Å²) in [5.41, 5.74) is 4.83. The van der Waals surface area contributed by atoms with Gasteiger partial charge in [0.1, 0.15) is 18.4 Å². The lowest BCUT2D eigenvalue weighted by atomic mass is 10.0. The minimum atomic E-state index is -4.05. The summed E-state index contributed by atoms with van der Waals surface area (Å²) < 4.78 is 32.8. The van der Waals surface area contributed by atoms with E-state index in [2.05, 4.69) is 6.07 Å². The summed E-state index contributed by atoms with van der Waals surface area (Å²) in [4.78, 5) is 11.9. The van der Waals surface area contributed by atoms with E-state index >= 15 is 0 Å². The molecule has 0 aromatic heterocycles. The highest BCUT2D eigenvalue weighted by Crippen LogP contribution is 2.27. The van der Waals surface area contributed by atoms with Crippen molar-refractivity contribution in [3.63, 3.8) is 0 Å². The van der Waals surface area contributed by atoms with Crippen LogP contribution in [-0.4, -0.2) is 47.6 Å². The summed E-state index contributed by atoms with van der Waals surface area (Å²) >= 11 is 0.